The average Bonchev–Trinajstić information content (AvgIpc) is 2.26. The Morgan fingerprint density at radius 2 is 2.16 bits per heavy atom. The van der Waals surface area contributed by atoms with Gasteiger partial charge in [-0.05, 0) is 11.8 Å². The smallest absolute Gasteiger partial charge is 0.305 e. The predicted molar refractivity (Wildman–Crippen MR) is 70.5 cm³/mol. The number of carboxylic acids is 1. The lowest BCUT2D eigenvalue weighted by atomic mass is 9.87. The predicted octanol–water partition coefficient (Wildman–Crippen LogP) is 2.04. The first-order chi connectivity index (χ1) is 8.80. The molecule has 1 atom stereocenters. The van der Waals surface area contributed by atoms with E-state index in [-0.39, 0.29) is 23.6 Å². The second kappa shape index (κ2) is 6.14. The molecule has 1 rings (SSSR count). The highest BCUT2D eigenvalue weighted by molar-refractivity contribution is 5.68. The number of nitriles is 1. The van der Waals surface area contributed by atoms with Crippen LogP contribution >= 0.6 is 0 Å². The molecule has 6 nitrogen and oxygen atoms in total. The maximum Gasteiger partial charge on any atom is 0.305 e. The van der Waals surface area contributed by atoms with Crippen LogP contribution in [0.3, 0.4) is 0 Å². The van der Waals surface area contributed by atoms with Gasteiger partial charge in [0.25, 0.3) is 0 Å². The third kappa shape index (κ3) is 5.82. The number of nitrogens with zero attached hydrogens (tertiary/aromatic N) is 3. The zero-order valence-electron chi connectivity index (χ0n) is 11.3. The molecule has 1 heterocycles. The Labute approximate surface area is 112 Å². The SMILES string of the molecule is CC(C)(C)CC(CC(=O)O)Nc1cnc(C#N)cn1. The van der Waals surface area contributed by atoms with Crippen molar-refractivity contribution in [1.29, 1.82) is 5.26 Å². The van der Waals surface area contributed by atoms with E-state index in [0.29, 0.717) is 12.2 Å². The summed E-state index contributed by atoms with van der Waals surface area (Å²) in [6, 6.07) is 1.66. The fraction of sp³-hybridized carbons (Fsp3) is 0.538. The van der Waals surface area contributed by atoms with Crippen LogP contribution in [0.25, 0.3) is 0 Å². The minimum Gasteiger partial charge on any atom is -0.481 e. The Balaban J connectivity index is 2.75. The number of aliphatic carboxylic acids is 1. The number of nitrogens with one attached hydrogen (secondary N) is 1. The lowest BCUT2D eigenvalue weighted by Gasteiger charge is -2.26. The Kier molecular flexibility index (Phi) is 4.81. The van der Waals surface area contributed by atoms with Crippen LogP contribution in [-0.4, -0.2) is 27.1 Å². The Morgan fingerprint density at radius 3 is 2.58 bits per heavy atom. The lowest BCUT2D eigenvalue weighted by molar-refractivity contribution is -0.137. The van der Waals surface area contributed by atoms with Gasteiger partial charge in [0, 0.05) is 6.04 Å². The first-order valence-electron chi connectivity index (χ1n) is 6.00. The highest BCUT2D eigenvalue weighted by atomic mass is 16.4. The second-order valence-electron chi connectivity index (χ2n) is 5.60. The van der Waals surface area contributed by atoms with Gasteiger partial charge in [-0.2, -0.15) is 5.26 Å². The summed E-state index contributed by atoms with van der Waals surface area (Å²) in [5.74, 6) is -0.377. The van der Waals surface area contributed by atoms with Crippen LogP contribution in [0.1, 0.15) is 39.3 Å². The standard InChI is InChI=1S/C13H18N4O2/c1-13(2,3)5-9(4-12(18)19)17-11-8-15-10(6-14)7-16-11/h7-9H,4-5H2,1-3H3,(H,16,17)(H,18,19). The summed E-state index contributed by atoms with van der Waals surface area (Å²) >= 11 is 0. The van der Waals surface area contributed by atoms with Crippen LogP contribution < -0.4 is 5.32 Å². The molecule has 0 spiro atoms. The van der Waals surface area contributed by atoms with E-state index in [2.05, 4.69) is 15.3 Å². The van der Waals surface area contributed by atoms with E-state index in [1.807, 2.05) is 26.8 Å². The summed E-state index contributed by atoms with van der Waals surface area (Å²) in [6.45, 7) is 6.15. The van der Waals surface area contributed by atoms with Gasteiger partial charge in [0.1, 0.15) is 11.9 Å². The van der Waals surface area contributed by atoms with Crippen molar-refractivity contribution >= 4 is 11.8 Å². The van der Waals surface area contributed by atoms with E-state index in [1.54, 1.807) is 0 Å². The Hall–Kier alpha value is -2.16. The largest absolute Gasteiger partial charge is 0.481 e. The minimum atomic E-state index is -0.858. The molecule has 1 aromatic rings. The number of aromatic nitrogens is 2. The molecule has 0 aliphatic heterocycles. The molecular formula is C13H18N4O2. The molecule has 0 bridgehead atoms. The minimum absolute atomic E-state index is 0.00708. The molecule has 0 aliphatic carbocycles. The highest BCUT2D eigenvalue weighted by Crippen LogP contribution is 2.24. The fourth-order valence-corrected chi connectivity index (χ4v) is 1.79. The lowest BCUT2D eigenvalue weighted by Crippen LogP contribution is -2.28. The molecule has 1 unspecified atom stereocenters. The van der Waals surface area contributed by atoms with E-state index in [9.17, 15) is 4.79 Å². The third-order valence-electron chi connectivity index (χ3n) is 2.40. The van der Waals surface area contributed by atoms with E-state index in [4.69, 9.17) is 10.4 Å². The monoisotopic (exact) mass is 262 g/mol. The van der Waals surface area contributed by atoms with Gasteiger partial charge >= 0.3 is 5.97 Å². The first-order valence-corrected chi connectivity index (χ1v) is 6.00. The third-order valence-corrected chi connectivity index (χ3v) is 2.40. The molecule has 102 valence electrons. The zero-order chi connectivity index (χ0) is 14.5. The fourth-order valence-electron chi connectivity index (χ4n) is 1.79. The van der Waals surface area contributed by atoms with Gasteiger partial charge < -0.3 is 10.4 Å². The van der Waals surface area contributed by atoms with E-state index in [1.165, 1.54) is 12.4 Å². The average molecular weight is 262 g/mol. The van der Waals surface area contributed by atoms with Crippen molar-refractivity contribution < 1.29 is 9.90 Å². The van der Waals surface area contributed by atoms with Crippen molar-refractivity contribution in [1.82, 2.24) is 9.97 Å². The van der Waals surface area contributed by atoms with Crippen molar-refractivity contribution in [3.05, 3.63) is 18.1 Å². The summed E-state index contributed by atoms with van der Waals surface area (Å²) in [6.07, 6.45) is 3.51. The summed E-state index contributed by atoms with van der Waals surface area (Å²) in [5, 5.41) is 20.6. The molecule has 0 fully saturated rings. The quantitative estimate of drug-likeness (QED) is 0.842. The van der Waals surface area contributed by atoms with Crippen LogP contribution in [0.2, 0.25) is 0 Å². The molecule has 19 heavy (non-hydrogen) atoms. The summed E-state index contributed by atoms with van der Waals surface area (Å²) in [7, 11) is 0. The maximum absolute atomic E-state index is 10.9. The van der Waals surface area contributed by atoms with Crippen molar-refractivity contribution in [2.45, 2.75) is 39.7 Å². The molecule has 0 saturated carbocycles. The van der Waals surface area contributed by atoms with Crippen LogP contribution in [0.15, 0.2) is 12.4 Å². The van der Waals surface area contributed by atoms with Crippen LogP contribution in [0, 0.1) is 16.7 Å². The van der Waals surface area contributed by atoms with Gasteiger partial charge in [0.2, 0.25) is 0 Å². The van der Waals surface area contributed by atoms with E-state index >= 15 is 0 Å². The molecule has 0 amide bonds. The molecule has 0 aliphatic rings. The van der Waals surface area contributed by atoms with Gasteiger partial charge in [0.15, 0.2) is 5.69 Å². The number of carbonyl (C=O) groups is 1. The highest BCUT2D eigenvalue weighted by Gasteiger charge is 2.21. The number of carboxylic acid groups (broad SMARTS) is 1. The first kappa shape index (κ1) is 14.9. The normalized spacial score (nSPS) is 12.5. The van der Waals surface area contributed by atoms with Crippen molar-refractivity contribution in [3.8, 4) is 6.07 Å². The Morgan fingerprint density at radius 1 is 1.47 bits per heavy atom. The van der Waals surface area contributed by atoms with Crippen LogP contribution in [0.4, 0.5) is 5.82 Å². The molecule has 1 aromatic heterocycles. The second-order valence-corrected chi connectivity index (χ2v) is 5.60. The van der Waals surface area contributed by atoms with Crippen molar-refractivity contribution in [2.75, 3.05) is 5.32 Å². The number of rotatable bonds is 5. The number of hydrogen-bond donors (Lipinski definition) is 2. The van der Waals surface area contributed by atoms with Gasteiger partial charge in [-0.25, -0.2) is 9.97 Å². The molecular weight excluding hydrogens is 244 g/mol. The van der Waals surface area contributed by atoms with Gasteiger partial charge in [-0.3, -0.25) is 4.79 Å². The summed E-state index contributed by atoms with van der Waals surface area (Å²) < 4.78 is 0. The van der Waals surface area contributed by atoms with Crippen molar-refractivity contribution in [3.63, 3.8) is 0 Å². The summed E-state index contributed by atoms with van der Waals surface area (Å²) in [4.78, 5) is 18.8. The molecule has 2 N–H and O–H groups in total. The van der Waals surface area contributed by atoms with E-state index < -0.39 is 5.97 Å². The van der Waals surface area contributed by atoms with Gasteiger partial charge in [0.05, 0.1) is 18.8 Å². The number of hydrogen-bond acceptors (Lipinski definition) is 5. The Bertz CT molecular complexity index is 471. The zero-order valence-corrected chi connectivity index (χ0v) is 11.3. The topological polar surface area (TPSA) is 98.9 Å². The molecule has 0 saturated heterocycles. The van der Waals surface area contributed by atoms with Gasteiger partial charge in [-0.15, -0.1) is 0 Å². The maximum atomic E-state index is 10.9. The van der Waals surface area contributed by atoms with Crippen molar-refractivity contribution in [2.24, 2.45) is 5.41 Å². The molecule has 0 aromatic carbocycles. The number of anilines is 1. The van der Waals surface area contributed by atoms with Gasteiger partial charge in [-0.1, -0.05) is 20.8 Å². The van der Waals surface area contributed by atoms with Crippen LogP contribution in [0.5, 0.6) is 0 Å². The van der Waals surface area contributed by atoms with Crippen LogP contribution in [-0.2, 0) is 4.79 Å². The molecule has 0 radical (unpaired) electrons. The molecule has 6 heteroatoms. The summed E-state index contributed by atoms with van der Waals surface area (Å²) in [5.41, 5.74) is 0.240. The van der Waals surface area contributed by atoms with E-state index in [0.717, 1.165) is 0 Å².